The molecule has 0 aromatic rings. The molecule has 0 heterocycles. The summed E-state index contributed by atoms with van der Waals surface area (Å²) in [4.78, 5) is 14.2. The van der Waals surface area contributed by atoms with Crippen LogP contribution in [0.4, 0.5) is 0 Å². The minimum absolute atomic E-state index is 0.0149. The number of amidine groups is 1. The van der Waals surface area contributed by atoms with E-state index in [9.17, 15) is 9.90 Å². The Labute approximate surface area is 114 Å². The zero-order valence-corrected chi connectivity index (χ0v) is 11.8. The normalized spacial score (nSPS) is 20.9. The largest absolute Gasteiger partial charge is 0.409 e. The van der Waals surface area contributed by atoms with Gasteiger partial charge < -0.3 is 20.9 Å². The highest BCUT2D eigenvalue weighted by atomic mass is 16.4. The third-order valence-corrected chi connectivity index (χ3v) is 3.94. The molecule has 1 atom stereocenters. The van der Waals surface area contributed by atoms with E-state index in [0.29, 0.717) is 25.8 Å². The average Bonchev–Trinajstić information content (AvgIpc) is 2.43. The van der Waals surface area contributed by atoms with Crippen LogP contribution in [0.2, 0.25) is 0 Å². The number of carbonyl (C=O) groups is 1. The van der Waals surface area contributed by atoms with Crippen molar-refractivity contribution < 1.29 is 15.1 Å². The number of aliphatic hydroxyl groups is 1. The molecule has 19 heavy (non-hydrogen) atoms. The maximum atomic E-state index is 12.6. The molecule has 0 bridgehead atoms. The van der Waals surface area contributed by atoms with Crippen molar-refractivity contribution in [3.63, 3.8) is 0 Å². The Morgan fingerprint density at radius 1 is 1.42 bits per heavy atom. The highest BCUT2D eigenvalue weighted by Gasteiger charge is 2.45. The molecule has 0 aromatic heterocycles. The molecule has 0 radical (unpaired) electrons. The molecule has 1 aliphatic carbocycles. The first-order valence-corrected chi connectivity index (χ1v) is 6.85. The summed E-state index contributed by atoms with van der Waals surface area (Å²) in [6.45, 7) is 2.16. The highest BCUT2D eigenvalue weighted by molar-refractivity contribution is 6.06. The van der Waals surface area contributed by atoms with Gasteiger partial charge in [0.15, 0.2) is 5.84 Å². The summed E-state index contributed by atoms with van der Waals surface area (Å²) in [5.41, 5.74) is 4.92. The lowest BCUT2D eigenvalue weighted by Crippen LogP contribution is -2.51. The molecule has 1 amide bonds. The maximum Gasteiger partial charge on any atom is 0.236 e. The van der Waals surface area contributed by atoms with Crippen molar-refractivity contribution in [2.45, 2.75) is 51.6 Å². The van der Waals surface area contributed by atoms with Gasteiger partial charge in [-0.15, -0.1) is 0 Å². The van der Waals surface area contributed by atoms with Gasteiger partial charge >= 0.3 is 0 Å². The minimum atomic E-state index is -0.861. The third kappa shape index (κ3) is 3.59. The molecule has 0 aliphatic heterocycles. The minimum Gasteiger partial charge on any atom is -0.409 e. The lowest BCUT2D eigenvalue weighted by molar-refractivity contribution is -0.138. The molecule has 0 saturated heterocycles. The smallest absolute Gasteiger partial charge is 0.236 e. The van der Waals surface area contributed by atoms with E-state index in [0.717, 1.165) is 19.3 Å². The summed E-state index contributed by atoms with van der Waals surface area (Å²) in [6.07, 6.45) is 4.22. The quantitative estimate of drug-likeness (QED) is 0.299. The van der Waals surface area contributed by atoms with Crippen LogP contribution >= 0.6 is 0 Å². The summed E-state index contributed by atoms with van der Waals surface area (Å²) in [5, 5.41) is 21.3. The number of carbonyl (C=O) groups excluding carboxylic acids is 1. The Morgan fingerprint density at radius 2 is 2.00 bits per heavy atom. The molecule has 1 unspecified atom stereocenters. The first-order chi connectivity index (χ1) is 8.94. The number of aliphatic hydroxyl groups excluding tert-OH is 1. The zero-order valence-electron chi connectivity index (χ0n) is 11.8. The molecule has 1 aliphatic rings. The fourth-order valence-corrected chi connectivity index (χ4v) is 2.68. The van der Waals surface area contributed by atoms with Gasteiger partial charge in [-0.3, -0.25) is 4.79 Å². The molecule has 6 heteroatoms. The number of hydrogen-bond acceptors (Lipinski definition) is 4. The Kier molecular flexibility index (Phi) is 5.60. The maximum absolute atomic E-state index is 12.6. The van der Waals surface area contributed by atoms with Crippen LogP contribution in [-0.4, -0.2) is 46.7 Å². The van der Waals surface area contributed by atoms with E-state index in [1.54, 1.807) is 18.9 Å². The van der Waals surface area contributed by atoms with Crippen LogP contribution in [-0.2, 0) is 4.79 Å². The van der Waals surface area contributed by atoms with E-state index in [4.69, 9.17) is 10.9 Å². The van der Waals surface area contributed by atoms with Gasteiger partial charge in [0, 0.05) is 13.6 Å². The van der Waals surface area contributed by atoms with Gasteiger partial charge in [0.05, 0.1) is 6.10 Å². The van der Waals surface area contributed by atoms with E-state index in [1.807, 2.05) is 0 Å². The summed E-state index contributed by atoms with van der Waals surface area (Å²) < 4.78 is 0. The lowest BCUT2D eigenvalue weighted by atomic mass is 9.72. The Bertz CT molecular complexity index is 336. The van der Waals surface area contributed by atoms with Crippen molar-refractivity contribution in [3.8, 4) is 0 Å². The van der Waals surface area contributed by atoms with E-state index in [2.05, 4.69) is 5.16 Å². The molecule has 0 spiro atoms. The van der Waals surface area contributed by atoms with Gasteiger partial charge in [-0.1, -0.05) is 24.4 Å². The molecular weight excluding hydrogens is 246 g/mol. The fraction of sp³-hybridized carbons (Fsp3) is 0.846. The number of nitrogens with zero attached hydrogens (tertiary/aromatic N) is 2. The van der Waals surface area contributed by atoms with E-state index < -0.39 is 11.5 Å². The monoisotopic (exact) mass is 271 g/mol. The summed E-state index contributed by atoms with van der Waals surface area (Å²) in [5.74, 6) is -0.0933. The van der Waals surface area contributed by atoms with E-state index in [1.165, 1.54) is 0 Å². The predicted molar refractivity (Wildman–Crippen MR) is 72.9 cm³/mol. The topological polar surface area (TPSA) is 99.2 Å². The molecule has 110 valence electrons. The third-order valence-electron chi connectivity index (χ3n) is 3.94. The van der Waals surface area contributed by atoms with Gasteiger partial charge in [0.25, 0.3) is 0 Å². The number of rotatable bonds is 5. The second-order valence-corrected chi connectivity index (χ2v) is 5.49. The van der Waals surface area contributed by atoms with Gasteiger partial charge in [-0.2, -0.15) is 0 Å². The first-order valence-electron chi connectivity index (χ1n) is 6.85. The summed E-state index contributed by atoms with van der Waals surface area (Å²) in [7, 11) is 1.70. The van der Waals surface area contributed by atoms with Crippen molar-refractivity contribution in [1.29, 1.82) is 0 Å². The summed E-state index contributed by atoms with van der Waals surface area (Å²) >= 11 is 0. The number of nitrogens with two attached hydrogens (primary N) is 1. The van der Waals surface area contributed by atoms with Crippen molar-refractivity contribution in [2.24, 2.45) is 16.3 Å². The van der Waals surface area contributed by atoms with Gasteiger partial charge in [-0.25, -0.2) is 0 Å². The highest BCUT2D eigenvalue weighted by Crippen LogP contribution is 2.38. The van der Waals surface area contributed by atoms with Crippen molar-refractivity contribution in [1.82, 2.24) is 4.90 Å². The first kappa shape index (κ1) is 15.8. The SMILES string of the molecule is CC(O)CCN(C)C(=O)C1(C(N)=NO)CCCCC1. The van der Waals surface area contributed by atoms with Gasteiger partial charge in [0.2, 0.25) is 5.91 Å². The van der Waals surface area contributed by atoms with Crippen LogP contribution in [0.1, 0.15) is 45.4 Å². The van der Waals surface area contributed by atoms with Gasteiger partial charge in [-0.05, 0) is 26.2 Å². The number of hydrogen-bond donors (Lipinski definition) is 3. The average molecular weight is 271 g/mol. The second-order valence-electron chi connectivity index (χ2n) is 5.49. The van der Waals surface area contributed by atoms with Crippen LogP contribution in [0.5, 0.6) is 0 Å². The molecular formula is C13H25N3O3. The second kappa shape index (κ2) is 6.75. The van der Waals surface area contributed by atoms with Crippen molar-refractivity contribution in [3.05, 3.63) is 0 Å². The molecule has 4 N–H and O–H groups in total. The summed E-state index contributed by atoms with van der Waals surface area (Å²) in [6, 6.07) is 0. The van der Waals surface area contributed by atoms with Crippen LogP contribution < -0.4 is 5.73 Å². The molecule has 6 nitrogen and oxygen atoms in total. The molecule has 1 fully saturated rings. The van der Waals surface area contributed by atoms with Crippen LogP contribution in [0.15, 0.2) is 5.16 Å². The molecule has 0 aromatic carbocycles. The Morgan fingerprint density at radius 3 is 2.47 bits per heavy atom. The van der Waals surface area contributed by atoms with Crippen LogP contribution in [0, 0.1) is 5.41 Å². The van der Waals surface area contributed by atoms with Gasteiger partial charge in [0.1, 0.15) is 5.41 Å². The lowest BCUT2D eigenvalue weighted by Gasteiger charge is -2.37. The van der Waals surface area contributed by atoms with Crippen LogP contribution in [0.3, 0.4) is 0 Å². The number of amides is 1. The van der Waals surface area contributed by atoms with Crippen LogP contribution in [0.25, 0.3) is 0 Å². The predicted octanol–water partition coefficient (Wildman–Crippen LogP) is 0.913. The fourth-order valence-electron chi connectivity index (χ4n) is 2.68. The Balaban J connectivity index is 2.83. The standard InChI is InChI=1S/C13H25N3O3/c1-10(17)6-9-16(2)12(18)13(11(14)15-19)7-4-3-5-8-13/h10,17,19H,3-9H2,1-2H3,(H2,14,15). The van der Waals surface area contributed by atoms with E-state index in [-0.39, 0.29) is 11.7 Å². The molecule has 1 saturated carbocycles. The Hall–Kier alpha value is -1.30. The van der Waals surface area contributed by atoms with Crippen molar-refractivity contribution >= 4 is 11.7 Å². The zero-order chi connectivity index (χ0) is 14.5. The molecule has 1 rings (SSSR count). The number of oxime groups is 1. The van der Waals surface area contributed by atoms with Crippen molar-refractivity contribution in [2.75, 3.05) is 13.6 Å². The van der Waals surface area contributed by atoms with E-state index >= 15 is 0 Å².